The summed E-state index contributed by atoms with van der Waals surface area (Å²) >= 11 is 0. The number of hydrogen-bond donors (Lipinski definition) is 1. The predicted molar refractivity (Wildman–Crippen MR) is 65.6 cm³/mol. The number of aryl methyl sites for hydroxylation is 1. The van der Waals surface area contributed by atoms with Gasteiger partial charge in [-0.1, -0.05) is 12.0 Å². The molecule has 0 aliphatic heterocycles. The van der Waals surface area contributed by atoms with Crippen LogP contribution in [-0.2, 0) is 16.0 Å². The molecule has 5 heteroatoms. The van der Waals surface area contributed by atoms with Crippen LogP contribution in [0, 0.1) is 12.3 Å². The molecule has 1 rings (SSSR count). The summed E-state index contributed by atoms with van der Waals surface area (Å²) < 4.78 is 0. The number of carbonyl (C=O) groups is 2. The summed E-state index contributed by atoms with van der Waals surface area (Å²) in [5.41, 5.74) is 0.932. The maximum Gasteiger partial charge on any atom is 0.323 e. The van der Waals surface area contributed by atoms with Gasteiger partial charge in [-0.3, -0.25) is 14.6 Å². The Kier molecular flexibility index (Phi) is 5.39. The molecule has 1 N–H and O–H groups in total. The number of amides is 1. The molecule has 0 fully saturated rings. The molecule has 18 heavy (non-hydrogen) atoms. The SMILES string of the molecule is C#CCN(CC(=O)O)C(=O)CCc1cccnc1. The van der Waals surface area contributed by atoms with Crippen molar-refractivity contribution in [3.8, 4) is 12.3 Å². The Morgan fingerprint density at radius 2 is 2.28 bits per heavy atom. The van der Waals surface area contributed by atoms with E-state index in [-0.39, 0.29) is 25.4 Å². The van der Waals surface area contributed by atoms with Gasteiger partial charge in [-0.05, 0) is 18.1 Å². The first-order valence-electron chi connectivity index (χ1n) is 5.45. The molecule has 1 aromatic heterocycles. The second-order valence-corrected chi connectivity index (χ2v) is 3.71. The van der Waals surface area contributed by atoms with Gasteiger partial charge in [-0.2, -0.15) is 0 Å². The standard InChI is InChI=1S/C13H14N2O3/c1-2-8-15(10-13(17)18)12(16)6-5-11-4-3-7-14-9-11/h1,3-4,7,9H,5-6,8,10H2,(H,17,18). The fourth-order valence-corrected chi connectivity index (χ4v) is 1.46. The normalized spacial score (nSPS) is 9.50. The van der Waals surface area contributed by atoms with Crippen molar-refractivity contribution in [2.24, 2.45) is 0 Å². The van der Waals surface area contributed by atoms with Crippen LogP contribution < -0.4 is 0 Å². The number of nitrogens with zero attached hydrogens (tertiary/aromatic N) is 2. The summed E-state index contributed by atoms with van der Waals surface area (Å²) in [7, 11) is 0. The fourth-order valence-electron chi connectivity index (χ4n) is 1.46. The van der Waals surface area contributed by atoms with Gasteiger partial charge >= 0.3 is 5.97 Å². The Labute approximate surface area is 105 Å². The fraction of sp³-hybridized carbons (Fsp3) is 0.308. The minimum Gasteiger partial charge on any atom is -0.480 e. The first kappa shape index (κ1) is 13.7. The highest BCUT2D eigenvalue weighted by Crippen LogP contribution is 2.03. The van der Waals surface area contributed by atoms with E-state index in [2.05, 4.69) is 10.9 Å². The van der Waals surface area contributed by atoms with Crippen LogP contribution in [-0.4, -0.2) is 40.0 Å². The van der Waals surface area contributed by atoms with E-state index in [0.29, 0.717) is 6.42 Å². The molecule has 94 valence electrons. The predicted octanol–water partition coefficient (Wildman–Crippen LogP) is 0.561. The zero-order chi connectivity index (χ0) is 13.4. The molecule has 0 saturated carbocycles. The maximum absolute atomic E-state index is 11.8. The number of aliphatic carboxylic acids is 1. The second kappa shape index (κ2) is 7.07. The Bertz CT molecular complexity index is 451. The van der Waals surface area contributed by atoms with E-state index < -0.39 is 5.97 Å². The molecule has 0 aromatic carbocycles. The lowest BCUT2D eigenvalue weighted by molar-refractivity contribution is -0.144. The molecule has 1 amide bonds. The first-order chi connectivity index (χ1) is 8.63. The molecule has 5 nitrogen and oxygen atoms in total. The zero-order valence-electron chi connectivity index (χ0n) is 9.87. The summed E-state index contributed by atoms with van der Waals surface area (Å²) in [6, 6.07) is 3.65. The molecule has 0 spiro atoms. The quantitative estimate of drug-likeness (QED) is 0.744. The number of hydrogen-bond acceptors (Lipinski definition) is 3. The lowest BCUT2D eigenvalue weighted by Crippen LogP contribution is -2.36. The molecule has 0 saturated heterocycles. The van der Waals surface area contributed by atoms with Crippen LogP contribution in [0.2, 0.25) is 0 Å². The highest BCUT2D eigenvalue weighted by atomic mass is 16.4. The lowest BCUT2D eigenvalue weighted by Gasteiger charge is -2.17. The molecular formula is C13H14N2O3. The molecule has 0 bridgehead atoms. The molecule has 0 unspecified atom stereocenters. The summed E-state index contributed by atoms with van der Waals surface area (Å²) in [6.45, 7) is -0.353. The lowest BCUT2D eigenvalue weighted by atomic mass is 10.1. The van der Waals surface area contributed by atoms with E-state index in [9.17, 15) is 9.59 Å². The Morgan fingerprint density at radius 1 is 1.50 bits per heavy atom. The average molecular weight is 246 g/mol. The van der Waals surface area contributed by atoms with Gasteiger partial charge < -0.3 is 10.0 Å². The number of carboxylic acid groups (broad SMARTS) is 1. The number of carbonyl (C=O) groups excluding carboxylic acids is 1. The van der Waals surface area contributed by atoms with Gasteiger partial charge in [0, 0.05) is 18.8 Å². The summed E-state index contributed by atoms with van der Waals surface area (Å²) in [5, 5.41) is 8.67. The largest absolute Gasteiger partial charge is 0.480 e. The third kappa shape index (κ3) is 4.66. The van der Waals surface area contributed by atoms with Gasteiger partial charge in [-0.25, -0.2) is 0 Å². The van der Waals surface area contributed by atoms with Crippen LogP contribution in [0.5, 0.6) is 0 Å². The van der Waals surface area contributed by atoms with Crippen LogP contribution in [0.3, 0.4) is 0 Å². The molecule has 0 radical (unpaired) electrons. The summed E-state index contributed by atoms with van der Waals surface area (Å²) in [6.07, 6.45) is 9.18. The molecule has 1 aromatic rings. The van der Waals surface area contributed by atoms with E-state index in [0.717, 1.165) is 10.5 Å². The molecular weight excluding hydrogens is 232 g/mol. The van der Waals surface area contributed by atoms with Crippen molar-refractivity contribution in [2.45, 2.75) is 12.8 Å². The van der Waals surface area contributed by atoms with Crippen molar-refractivity contribution >= 4 is 11.9 Å². The topological polar surface area (TPSA) is 70.5 Å². The van der Waals surface area contributed by atoms with E-state index in [1.165, 1.54) is 0 Å². The Balaban J connectivity index is 2.52. The Hall–Kier alpha value is -2.35. The second-order valence-electron chi connectivity index (χ2n) is 3.71. The van der Waals surface area contributed by atoms with Crippen molar-refractivity contribution in [1.82, 2.24) is 9.88 Å². The van der Waals surface area contributed by atoms with E-state index in [1.54, 1.807) is 18.5 Å². The minimum absolute atomic E-state index is 0.0121. The van der Waals surface area contributed by atoms with E-state index >= 15 is 0 Å². The minimum atomic E-state index is -1.07. The van der Waals surface area contributed by atoms with Gasteiger partial charge in [0.1, 0.15) is 6.54 Å². The third-order valence-corrected chi connectivity index (χ3v) is 2.31. The number of aromatic nitrogens is 1. The number of rotatable bonds is 6. The number of carboxylic acids is 1. The highest BCUT2D eigenvalue weighted by molar-refractivity contribution is 5.81. The summed E-state index contributed by atoms with van der Waals surface area (Å²) in [4.78, 5) is 27.5. The zero-order valence-corrected chi connectivity index (χ0v) is 9.87. The van der Waals surface area contributed by atoms with Crippen molar-refractivity contribution < 1.29 is 14.7 Å². The number of terminal acetylenes is 1. The van der Waals surface area contributed by atoms with Crippen molar-refractivity contribution in [2.75, 3.05) is 13.1 Å². The smallest absolute Gasteiger partial charge is 0.323 e. The van der Waals surface area contributed by atoms with E-state index in [1.807, 2.05) is 6.07 Å². The van der Waals surface area contributed by atoms with Gasteiger partial charge in [0.25, 0.3) is 0 Å². The van der Waals surface area contributed by atoms with Crippen molar-refractivity contribution in [3.05, 3.63) is 30.1 Å². The van der Waals surface area contributed by atoms with Crippen LogP contribution in [0.25, 0.3) is 0 Å². The highest BCUT2D eigenvalue weighted by Gasteiger charge is 2.15. The summed E-state index contributed by atoms with van der Waals surface area (Å²) in [5.74, 6) is 0.948. The number of pyridine rings is 1. The van der Waals surface area contributed by atoms with Crippen molar-refractivity contribution in [3.63, 3.8) is 0 Å². The monoisotopic (exact) mass is 246 g/mol. The molecule has 0 aliphatic rings. The van der Waals surface area contributed by atoms with Gasteiger partial charge in [-0.15, -0.1) is 6.42 Å². The average Bonchev–Trinajstić information content (AvgIpc) is 2.36. The van der Waals surface area contributed by atoms with Gasteiger partial charge in [0.05, 0.1) is 6.54 Å². The molecule has 0 atom stereocenters. The Morgan fingerprint density at radius 3 is 2.83 bits per heavy atom. The maximum atomic E-state index is 11.8. The van der Waals surface area contributed by atoms with Crippen molar-refractivity contribution in [1.29, 1.82) is 0 Å². The van der Waals surface area contributed by atoms with Crippen LogP contribution in [0.1, 0.15) is 12.0 Å². The third-order valence-electron chi connectivity index (χ3n) is 2.31. The van der Waals surface area contributed by atoms with E-state index in [4.69, 9.17) is 11.5 Å². The van der Waals surface area contributed by atoms with Gasteiger partial charge in [0.15, 0.2) is 0 Å². The van der Waals surface area contributed by atoms with Crippen LogP contribution in [0.4, 0.5) is 0 Å². The first-order valence-corrected chi connectivity index (χ1v) is 5.45. The van der Waals surface area contributed by atoms with Crippen LogP contribution in [0.15, 0.2) is 24.5 Å². The van der Waals surface area contributed by atoms with Gasteiger partial charge in [0.2, 0.25) is 5.91 Å². The molecule has 1 heterocycles. The van der Waals surface area contributed by atoms with Crippen LogP contribution >= 0.6 is 0 Å². The molecule has 0 aliphatic carbocycles.